The topological polar surface area (TPSA) is 451 Å². The number of aldehydes is 2. The largest absolute Gasteiger partial charge is 0.481 e. The molecule has 8 amide bonds. The van der Waals surface area contributed by atoms with Gasteiger partial charge in [0.25, 0.3) is 11.5 Å². The summed E-state index contributed by atoms with van der Waals surface area (Å²) in [5, 5.41) is 41.3. The number of nitrogens with two attached hydrogens (primary N) is 1. The number of nitrogens with one attached hydrogen (secondary N) is 10. The van der Waals surface area contributed by atoms with E-state index in [9.17, 15) is 72.5 Å². The lowest BCUT2D eigenvalue weighted by Gasteiger charge is -2.26. The van der Waals surface area contributed by atoms with Gasteiger partial charge < -0.3 is 73.4 Å². The molecule has 30 heteroatoms. The van der Waals surface area contributed by atoms with Gasteiger partial charge in [-0.1, -0.05) is 54.6 Å². The van der Waals surface area contributed by atoms with Crippen LogP contribution in [0.1, 0.15) is 78.0 Å². The number of benzene rings is 3. The van der Waals surface area contributed by atoms with E-state index in [1.165, 1.54) is 54.7 Å². The number of nitrogen functional groups attached to an aromatic ring is 1. The van der Waals surface area contributed by atoms with Gasteiger partial charge >= 0.3 is 11.9 Å². The zero-order chi connectivity index (χ0) is 63.2. The summed E-state index contributed by atoms with van der Waals surface area (Å²) in [6.45, 7) is 3.23. The maximum Gasteiger partial charge on any atom is 0.326 e. The molecule has 0 aliphatic heterocycles. The molecule has 6 atom stereocenters. The van der Waals surface area contributed by atoms with Crippen molar-refractivity contribution in [1.29, 1.82) is 0 Å². The van der Waals surface area contributed by atoms with Crippen LogP contribution in [0.5, 0.6) is 0 Å². The van der Waals surface area contributed by atoms with Gasteiger partial charge in [-0.3, -0.25) is 52.9 Å². The first-order valence-corrected chi connectivity index (χ1v) is 28.2. The van der Waals surface area contributed by atoms with Gasteiger partial charge in [-0.25, -0.2) is 14.8 Å². The van der Waals surface area contributed by atoms with Crippen molar-refractivity contribution in [2.75, 3.05) is 36.1 Å². The molecule has 2 aromatic heterocycles. The molecule has 1 aliphatic rings. The fourth-order valence-corrected chi connectivity index (χ4v) is 10.1. The summed E-state index contributed by atoms with van der Waals surface area (Å²) in [4.78, 5) is 181. The van der Waals surface area contributed by atoms with Crippen LogP contribution in [0.4, 0.5) is 11.6 Å². The molecule has 87 heavy (non-hydrogen) atoms. The number of carbonyl (C=O) groups is 12. The highest BCUT2D eigenvalue weighted by molar-refractivity contribution is 7.99. The van der Waals surface area contributed by atoms with Crippen LogP contribution in [-0.2, 0) is 59.3 Å². The Balaban J connectivity index is 0.974. The van der Waals surface area contributed by atoms with Crippen molar-refractivity contribution in [2.24, 2.45) is 0 Å². The Bertz CT molecular complexity index is 3430. The van der Waals surface area contributed by atoms with Gasteiger partial charge in [-0.2, -0.15) is 16.7 Å². The van der Waals surface area contributed by atoms with Crippen LogP contribution in [0.15, 0.2) is 96.4 Å². The predicted molar refractivity (Wildman–Crippen MR) is 315 cm³/mol. The molecule has 0 spiro atoms. The van der Waals surface area contributed by atoms with E-state index in [-0.39, 0.29) is 60.6 Å². The number of thioether (sulfide) groups is 1. The van der Waals surface area contributed by atoms with E-state index in [1.54, 1.807) is 11.8 Å². The molecule has 458 valence electrons. The molecule has 0 bridgehead atoms. The summed E-state index contributed by atoms with van der Waals surface area (Å²) in [7, 11) is 1.26. The molecular formula is C57H64N14O15S. The fraction of sp³-hybridized carbons (Fsp3) is 0.333. The van der Waals surface area contributed by atoms with Crippen LogP contribution in [0, 0.1) is 0 Å². The molecule has 1 aliphatic carbocycles. The number of aromatic nitrogens is 4. The zero-order valence-electron chi connectivity index (χ0n) is 46.8. The highest BCUT2D eigenvalue weighted by Gasteiger charge is 2.34. The summed E-state index contributed by atoms with van der Waals surface area (Å²) in [5.74, 6) is -9.58. The molecule has 5 aromatic rings. The van der Waals surface area contributed by atoms with Crippen molar-refractivity contribution < 1.29 is 67.7 Å². The van der Waals surface area contributed by atoms with Crippen LogP contribution < -0.4 is 59.1 Å². The van der Waals surface area contributed by atoms with Gasteiger partial charge in [0.2, 0.25) is 47.3 Å². The number of nitrogens with zero attached hydrogens (tertiary/aromatic N) is 3. The van der Waals surface area contributed by atoms with Crippen LogP contribution in [-0.4, -0.2) is 163 Å². The minimum Gasteiger partial charge on any atom is -0.481 e. The number of aromatic amines is 1. The van der Waals surface area contributed by atoms with E-state index >= 15 is 0 Å². The highest BCUT2D eigenvalue weighted by atomic mass is 32.2. The number of hydrogen-bond acceptors (Lipinski definition) is 19. The Morgan fingerprint density at radius 3 is 1.85 bits per heavy atom. The van der Waals surface area contributed by atoms with Gasteiger partial charge in [0.15, 0.2) is 11.2 Å². The third-order valence-electron chi connectivity index (χ3n) is 13.5. The molecule has 29 nitrogen and oxygen atoms in total. The third-order valence-corrected chi connectivity index (χ3v) is 14.5. The fourth-order valence-electron chi connectivity index (χ4n) is 9.05. The predicted octanol–water partition coefficient (Wildman–Crippen LogP) is -0.679. The molecule has 0 radical (unpaired) electrons. The number of carboxylic acids is 2. The first-order chi connectivity index (χ1) is 41.7. The molecule has 0 saturated heterocycles. The van der Waals surface area contributed by atoms with Gasteiger partial charge in [0, 0.05) is 68.0 Å². The third kappa shape index (κ3) is 18.8. The number of carboxylic acid groups (broad SMARTS) is 2. The Morgan fingerprint density at radius 2 is 1.26 bits per heavy atom. The Labute approximate surface area is 500 Å². The summed E-state index contributed by atoms with van der Waals surface area (Å²) in [6, 6.07) is 12.1. The molecule has 3 aromatic carbocycles. The maximum atomic E-state index is 13.7. The standard InChI is InChI=1S/C57H64N14O15S/c1-3-8-38(65-52(81)39(19-22-72)64-45(75)18-17-41(56(85)86)67-49(78)30-13-15-31(16-14-30)60-26-32-27-62-48-47(63-32)55(84)71-57(58)70-48)51(80)66-40(20-23-73)53(82)68-42(25-46(76)77)54(83)69-43(50(79)59-2)28-61-44(74)21-24-87-29-37-35-11-6-4-9-33(35)34-10-5-7-12-36(34)37/h3-7,9-16,22-23,27,37-43,60H,1,8,17-21,24-26,28-29H2,2H3,(H,59,79)(H,61,74)(H,64,75)(H,65,81)(H,66,80)(H,67,78)(H,68,82)(H,69,83)(H,76,77)(H,85,86)(H3,58,62,70,71,84)/t38-,39-,40-,41-,42-,43-/m0/s1. The van der Waals surface area contributed by atoms with Crippen molar-refractivity contribution in [1.82, 2.24) is 62.5 Å². The summed E-state index contributed by atoms with van der Waals surface area (Å²) < 4.78 is 0. The van der Waals surface area contributed by atoms with Crippen molar-refractivity contribution in [3.63, 3.8) is 0 Å². The highest BCUT2D eigenvalue weighted by Crippen LogP contribution is 2.45. The first-order valence-electron chi connectivity index (χ1n) is 27.1. The SMILES string of the molecule is C=CC[C@H](NC(=O)[C@H](CC=O)NC(=O)CC[C@H](NC(=O)c1ccc(NCc2cnc3nc(N)[nH]c(=O)c3n2)cc1)C(=O)O)C(=O)N[C@@H](CC=O)C(=O)N[C@@H](CC(=O)O)C(=O)N[C@@H](CNC(=O)CCSCC1c2ccccc2-c2ccccc21)C(=O)NC. The number of anilines is 2. The number of carbonyl (C=O) groups excluding carboxylic acids is 10. The Hall–Kier alpha value is -10.4. The van der Waals surface area contributed by atoms with Crippen molar-refractivity contribution in [3.8, 4) is 11.1 Å². The smallest absolute Gasteiger partial charge is 0.326 e. The van der Waals surface area contributed by atoms with E-state index in [4.69, 9.17) is 5.73 Å². The number of amides is 8. The molecule has 14 N–H and O–H groups in total. The van der Waals surface area contributed by atoms with E-state index in [2.05, 4.69) is 98.6 Å². The lowest BCUT2D eigenvalue weighted by atomic mass is 9.99. The number of fused-ring (bicyclic) bond motifs is 4. The van der Waals surface area contributed by atoms with Crippen molar-refractivity contribution in [3.05, 3.63) is 124 Å². The number of hydrogen-bond donors (Lipinski definition) is 13. The maximum absolute atomic E-state index is 13.7. The molecule has 0 unspecified atom stereocenters. The van der Waals surface area contributed by atoms with E-state index < -0.39 is 140 Å². The normalized spacial score (nSPS) is 13.4. The van der Waals surface area contributed by atoms with Crippen LogP contribution >= 0.6 is 11.8 Å². The monoisotopic (exact) mass is 1220 g/mol. The van der Waals surface area contributed by atoms with Gasteiger partial charge in [0.05, 0.1) is 24.9 Å². The minimum atomic E-state index is -1.91. The van der Waals surface area contributed by atoms with Crippen molar-refractivity contribution >= 4 is 106 Å². The average molecular weight is 1220 g/mol. The first kappa shape index (κ1) is 65.8. The Morgan fingerprint density at radius 1 is 0.690 bits per heavy atom. The molecule has 0 fully saturated rings. The molecule has 0 saturated carbocycles. The second kappa shape index (κ2) is 32.0. The summed E-state index contributed by atoms with van der Waals surface area (Å²) >= 11 is 1.57. The summed E-state index contributed by atoms with van der Waals surface area (Å²) in [5.41, 5.74) is 10.7. The average Bonchev–Trinajstić information content (AvgIpc) is 1.87. The second-order valence-corrected chi connectivity index (χ2v) is 20.7. The number of aliphatic carboxylic acids is 2. The van der Waals surface area contributed by atoms with E-state index in [0.29, 0.717) is 22.9 Å². The summed E-state index contributed by atoms with van der Waals surface area (Å²) in [6.07, 6.45) is -0.703. The lowest BCUT2D eigenvalue weighted by molar-refractivity contribution is -0.142. The van der Waals surface area contributed by atoms with Crippen molar-refractivity contribution in [2.45, 2.75) is 93.7 Å². The quantitative estimate of drug-likeness (QED) is 0.0138. The minimum absolute atomic E-state index is 0.0230. The lowest BCUT2D eigenvalue weighted by Crippen LogP contribution is -2.60. The molecule has 2 heterocycles. The van der Waals surface area contributed by atoms with Gasteiger partial charge in [-0.15, -0.1) is 6.58 Å². The van der Waals surface area contributed by atoms with Crippen LogP contribution in [0.25, 0.3) is 22.3 Å². The van der Waals surface area contributed by atoms with E-state index in [0.717, 1.165) is 11.1 Å². The Kier molecular flexibility index (Phi) is 24.2. The molecular weight excluding hydrogens is 1150 g/mol. The van der Waals surface area contributed by atoms with Gasteiger partial charge in [0.1, 0.15) is 48.8 Å². The number of rotatable bonds is 34. The zero-order valence-corrected chi connectivity index (χ0v) is 47.6. The van der Waals surface area contributed by atoms with E-state index in [1.807, 2.05) is 24.3 Å². The number of H-pyrrole nitrogens is 1. The second-order valence-electron chi connectivity index (χ2n) is 19.6. The van der Waals surface area contributed by atoms with Crippen LogP contribution in [0.3, 0.4) is 0 Å². The van der Waals surface area contributed by atoms with Crippen LogP contribution in [0.2, 0.25) is 0 Å². The molecule has 6 rings (SSSR count). The van der Waals surface area contributed by atoms with Gasteiger partial charge in [-0.05, 0) is 59.4 Å². The number of likely N-dealkylation sites (N-methyl/N-ethyl adjacent to an activating group) is 1.